The maximum atomic E-state index is 14.3. The number of alkyl halides is 3. The van der Waals surface area contributed by atoms with Gasteiger partial charge in [-0.3, -0.25) is 4.90 Å². The number of nitrogens with zero attached hydrogens (tertiary/aromatic N) is 7. The van der Waals surface area contributed by atoms with E-state index in [-0.39, 0.29) is 18.2 Å². The first-order valence-electron chi connectivity index (χ1n) is 15.0. The van der Waals surface area contributed by atoms with Gasteiger partial charge in [-0.25, -0.2) is 14.8 Å². The molecule has 4 saturated heterocycles. The predicted octanol–water partition coefficient (Wildman–Crippen LogP) is 5.25. The molecule has 13 heteroatoms. The SMILES string of the molecule is Cc1ncsc1[C@@H]1CC2CCC1CN2c1cc(N2CC(N3CCN(C(=O)OC(C)(C)C)CC3)C2)c(C#N)c(C(F)(F)F)n1. The lowest BCUT2D eigenvalue weighted by Crippen LogP contribution is -2.64. The minimum atomic E-state index is -4.74. The minimum Gasteiger partial charge on any atom is -0.444 e. The lowest BCUT2D eigenvalue weighted by atomic mass is 9.71. The number of carbonyl (C=O) groups is 1. The summed E-state index contributed by atoms with van der Waals surface area (Å²) in [5.41, 5.74) is 1.15. The van der Waals surface area contributed by atoms with Crippen molar-refractivity contribution in [3.05, 3.63) is 33.4 Å². The molecule has 43 heavy (non-hydrogen) atoms. The first-order valence-corrected chi connectivity index (χ1v) is 15.9. The fourth-order valence-electron chi connectivity index (χ4n) is 7.09. The lowest BCUT2D eigenvalue weighted by Gasteiger charge is -2.51. The molecule has 6 heterocycles. The number of hydrogen-bond acceptors (Lipinski definition) is 9. The molecule has 0 aromatic carbocycles. The molecule has 5 fully saturated rings. The second-order valence-electron chi connectivity index (χ2n) is 13.2. The number of ether oxygens (including phenoxy) is 1. The van der Waals surface area contributed by atoms with Crippen LogP contribution in [0.15, 0.2) is 11.6 Å². The highest BCUT2D eigenvalue weighted by atomic mass is 32.1. The lowest BCUT2D eigenvalue weighted by molar-refractivity contribution is -0.141. The van der Waals surface area contributed by atoms with Gasteiger partial charge in [0.15, 0.2) is 5.69 Å². The Kier molecular flexibility index (Phi) is 7.74. The number of pyridine rings is 1. The van der Waals surface area contributed by atoms with E-state index in [1.807, 2.05) is 49.1 Å². The highest BCUT2D eigenvalue weighted by Crippen LogP contribution is 2.49. The number of carbonyl (C=O) groups excluding carboxylic acids is 1. The smallest absolute Gasteiger partial charge is 0.434 e. The standard InChI is InChI=1S/C30H38F3N7O2S/c1-18-26(43-17-35-18)22-11-20-6-5-19(22)14-40(20)25-12-24(23(13-34)27(36-25)30(31,32)33)39-15-21(16-39)37-7-9-38(10-8-37)28(41)42-29(2,3)4/h12,17,19-22H,5-11,14-16H2,1-4H3/t19?,20?,22-/m1/s1. The molecule has 4 aliphatic heterocycles. The van der Waals surface area contributed by atoms with Gasteiger partial charge in [0.05, 0.1) is 16.9 Å². The van der Waals surface area contributed by atoms with Gasteiger partial charge in [-0.1, -0.05) is 0 Å². The maximum absolute atomic E-state index is 14.3. The summed E-state index contributed by atoms with van der Waals surface area (Å²) in [6.45, 7) is 11.6. The number of anilines is 2. The molecular weight excluding hydrogens is 579 g/mol. The number of aryl methyl sites for hydroxylation is 1. The van der Waals surface area contributed by atoms with Crippen LogP contribution >= 0.6 is 11.3 Å². The van der Waals surface area contributed by atoms with Gasteiger partial charge in [0, 0.05) is 74.8 Å². The fourth-order valence-corrected chi connectivity index (χ4v) is 8.10. The molecular formula is C30H38F3N7O2S. The second kappa shape index (κ2) is 11.1. The Morgan fingerprint density at radius 1 is 1.09 bits per heavy atom. The van der Waals surface area contributed by atoms with Crippen molar-refractivity contribution in [3.63, 3.8) is 0 Å². The quantitative estimate of drug-likeness (QED) is 0.460. The Hall–Kier alpha value is -3.11. The summed E-state index contributed by atoms with van der Waals surface area (Å²) in [5.74, 6) is 1.01. The van der Waals surface area contributed by atoms with Gasteiger partial charge < -0.3 is 19.4 Å². The summed E-state index contributed by atoms with van der Waals surface area (Å²) in [6.07, 6.45) is -2.25. The molecule has 1 saturated carbocycles. The van der Waals surface area contributed by atoms with E-state index in [1.54, 1.807) is 22.3 Å². The molecule has 2 unspecified atom stereocenters. The molecule has 1 amide bonds. The zero-order valence-corrected chi connectivity index (χ0v) is 25.8. The van der Waals surface area contributed by atoms with Crippen LogP contribution in [0.2, 0.25) is 0 Å². The summed E-state index contributed by atoms with van der Waals surface area (Å²) < 4.78 is 48.4. The number of rotatable bonds is 4. The highest BCUT2D eigenvalue weighted by Gasteiger charge is 2.45. The first kappa shape index (κ1) is 29.9. The third kappa shape index (κ3) is 5.88. The molecule has 2 bridgehead atoms. The number of aromatic nitrogens is 2. The van der Waals surface area contributed by atoms with Gasteiger partial charge in [0.2, 0.25) is 0 Å². The van der Waals surface area contributed by atoms with Crippen molar-refractivity contribution in [1.82, 2.24) is 19.8 Å². The Balaban J connectivity index is 1.18. The number of hydrogen-bond donors (Lipinski definition) is 0. The van der Waals surface area contributed by atoms with E-state index in [9.17, 15) is 23.2 Å². The molecule has 2 aromatic heterocycles. The van der Waals surface area contributed by atoms with Gasteiger partial charge >= 0.3 is 12.3 Å². The molecule has 9 nitrogen and oxygen atoms in total. The molecule has 0 radical (unpaired) electrons. The van der Waals surface area contributed by atoms with Crippen LogP contribution in [0.25, 0.3) is 0 Å². The van der Waals surface area contributed by atoms with Crippen molar-refractivity contribution >= 4 is 28.9 Å². The second-order valence-corrected chi connectivity index (χ2v) is 14.1. The molecule has 5 aliphatic rings. The number of amides is 1. The third-order valence-corrected chi connectivity index (χ3v) is 10.4. The van der Waals surface area contributed by atoms with E-state index in [0.29, 0.717) is 69.2 Å². The van der Waals surface area contributed by atoms with E-state index in [2.05, 4.69) is 14.9 Å². The van der Waals surface area contributed by atoms with E-state index in [1.165, 1.54) is 4.88 Å². The predicted molar refractivity (Wildman–Crippen MR) is 157 cm³/mol. The van der Waals surface area contributed by atoms with Crippen LogP contribution in [0.4, 0.5) is 29.5 Å². The van der Waals surface area contributed by atoms with Gasteiger partial charge in [0.1, 0.15) is 23.1 Å². The van der Waals surface area contributed by atoms with E-state index in [0.717, 1.165) is 25.0 Å². The van der Waals surface area contributed by atoms with Crippen molar-refractivity contribution < 1.29 is 22.7 Å². The minimum absolute atomic E-state index is 0.0938. The van der Waals surface area contributed by atoms with E-state index in [4.69, 9.17) is 4.74 Å². The molecule has 2 aromatic rings. The zero-order valence-electron chi connectivity index (χ0n) is 25.0. The Morgan fingerprint density at radius 2 is 1.81 bits per heavy atom. The largest absolute Gasteiger partial charge is 0.444 e. The summed E-state index contributed by atoms with van der Waals surface area (Å²) in [4.78, 5) is 30.1. The van der Waals surface area contributed by atoms with Gasteiger partial charge in [-0.2, -0.15) is 18.4 Å². The third-order valence-electron chi connectivity index (χ3n) is 9.30. The Bertz CT molecular complexity index is 1400. The van der Waals surface area contributed by atoms with Crippen molar-refractivity contribution in [2.45, 2.75) is 76.7 Å². The van der Waals surface area contributed by atoms with E-state index < -0.39 is 23.0 Å². The molecule has 7 rings (SSSR count). The number of piperazine rings is 1. The van der Waals surface area contributed by atoms with Crippen LogP contribution in [0.1, 0.15) is 67.8 Å². The molecule has 0 N–H and O–H groups in total. The van der Waals surface area contributed by atoms with Crippen LogP contribution in [-0.2, 0) is 10.9 Å². The highest BCUT2D eigenvalue weighted by molar-refractivity contribution is 7.09. The molecule has 3 atom stereocenters. The fraction of sp³-hybridized carbons (Fsp3) is 0.667. The maximum Gasteiger partial charge on any atom is 0.434 e. The number of piperidine rings is 2. The van der Waals surface area contributed by atoms with Crippen molar-refractivity contribution in [2.75, 3.05) is 55.6 Å². The van der Waals surface area contributed by atoms with Gasteiger partial charge in [-0.05, 0) is 52.9 Å². The summed E-state index contributed by atoms with van der Waals surface area (Å²) in [5, 5.41) is 9.89. The van der Waals surface area contributed by atoms with Crippen LogP contribution < -0.4 is 9.80 Å². The van der Waals surface area contributed by atoms with E-state index >= 15 is 0 Å². The molecule has 232 valence electrons. The average molecular weight is 618 g/mol. The van der Waals surface area contributed by atoms with Crippen molar-refractivity contribution in [2.24, 2.45) is 5.92 Å². The summed E-state index contributed by atoms with van der Waals surface area (Å²) in [7, 11) is 0. The Labute approximate surface area is 254 Å². The summed E-state index contributed by atoms with van der Waals surface area (Å²) >= 11 is 1.67. The topological polar surface area (TPSA) is 88.8 Å². The average Bonchev–Trinajstić information content (AvgIpc) is 3.36. The van der Waals surface area contributed by atoms with Crippen molar-refractivity contribution in [3.8, 4) is 6.07 Å². The molecule has 1 aliphatic carbocycles. The van der Waals surface area contributed by atoms with Gasteiger partial charge in [-0.15, -0.1) is 11.3 Å². The number of nitriles is 1. The van der Waals surface area contributed by atoms with Crippen LogP contribution in [-0.4, -0.2) is 89.4 Å². The number of fused-ring (bicyclic) bond motifs is 3. The van der Waals surface area contributed by atoms with Gasteiger partial charge in [0.25, 0.3) is 0 Å². The molecule has 0 spiro atoms. The summed E-state index contributed by atoms with van der Waals surface area (Å²) in [6, 6.07) is 3.76. The van der Waals surface area contributed by atoms with Crippen LogP contribution in [0.5, 0.6) is 0 Å². The number of thiazole rings is 1. The van der Waals surface area contributed by atoms with Crippen LogP contribution in [0.3, 0.4) is 0 Å². The van der Waals surface area contributed by atoms with Crippen molar-refractivity contribution in [1.29, 1.82) is 5.26 Å². The Morgan fingerprint density at radius 3 is 2.37 bits per heavy atom. The van der Waals surface area contributed by atoms with Crippen LogP contribution in [0, 0.1) is 24.2 Å². The monoisotopic (exact) mass is 617 g/mol. The number of halogens is 3. The first-order chi connectivity index (χ1) is 20.3. The zero-order chi connectivity index (χ0) is 30.7. The normalized spacial score (nSPS) is 25.1.